The molecule has 2 rings (SSSR count). The maximum Gasteiger partial charge on any atom is 0.419 e. The molecule has 1 saturated carbocycles. The predicted octanol–water partition coefficient (Wildman–Crippen LogP) is 3.05. The zero-order valence-electron chi connectivity index (χ0n) is 12.9. The Labute approximate surface area is 136 Å². The standard InChI is InChI=1S/C15H19F3N2O2S/c1-22-13-8(15(16,17)18)6-7-11(23-2)12(13)14(21)20-10-5-3-4-9(10)19/h6-7,9-10H,3-5,19H2,1-2H3,(H,20,21). The fraction of sp³-hybridized carbons (Fsp3) is 0.533. The van der Waals surface area contributed by atoms with Crippen LogP contribution in [0.5, 0.6) is 5.75 Å². The number of carbonyl (C=O) groups is 1. The summed E-state index contributed by atoms with van der Waals surface area (Å²) in [5, 5.41) is 2.75. The first kappa shape index (κ1) is 17.9. The lowest BCUT2D eigenvalue weighted by Gasteiger charge is -2.21. The molecule has 1 amide bonds. The molecule has 0 aliphatic heterocycles. The van der Waals surface area contributed by atoms with E-state index in [0.717, 1.165) is 32.4 Å². The van der Waals surface area contributed by atoms with Crippen LogP contribution in [0.25, 0.3) is 0 Å². The number of nitrogens with two attached hydrogens (primary N) is 1. The topological polar surface area (TPSA) is 64.3 Å². The minimum Gasteiger partial charge on any atom is -0.495 e. The maximum absolute atomic E-state index is 13.1. The van der Waals surface area contributed by atoms with Crippen molar-refractivity contribution in [1.82, 2.24) is 5.32 Å². The van der Waals surface area contributed by atoms with Gasteiger partial charge in [0.1, 0.15) is 5.75 Å². The highest BCUT2D eigenvalue weighted by Crippen LogP contribution is 2.41. The quantitative estimate of drug-likeness (QED) is 0.821. The Morgan fingerprint density at radius 2 is 2.09 bits per heavy atom. The lowest BCUT2D eigenvalue weighted by Crippen LogP contribution is -2.44. The number of benzene rings is 1. The molecule has 3 N–H and O–H groups in total. The third-order valence-corrected chi connectivity index (χ3v) is 4.74. The number of ether oxygens (including phenoxy) is 1. The Hall–Kier alpha value is -1.41. The normalized spacial score (nSPS) is 21.3. The molecule has 0 spiro atoms. The van der Waals surface area contributed by atoms with Gasteiger partial charge in [0.2, 0.25) is 0 Å². The van der Waals surface area contributed by atoms with Crippen LogP contribution in [0.3, 0.4) is 0 Å². The number of carbonyl (C=O) groups excluding carboxylic acids is 1. The highest BCUT2D eigenvalue weighted by Gasteiger charge is 2.38. The molecule has 0 aromatic heterocycles. The molecule has 0 saturated heterocycles. The number of thioether (sulfide) groups is 1. The Balaban J connectivity index is 2.43. The van der Waals surface area contributed by atoms with Crippen molar-refractivity contribution in [2.24, 2.45) is 5.73 Å². The van der Waals surface area contributed by atoms with Crippen molar-refractivity contribution in [2.75, 3.05) is 13.4 Å². The number of hydrogen-bond donors (Lipinski definition) is 2. The summed E-state index contributed by atoms with van der Waals surface area (Å²) in [5.41, 5.74) is 4.87. The van der Waals surface area contributed by atoms with E-state index in [1.165, 1.54) is 17.8 Å². The number of alkyl halides is 3. The SMILES string of the molecule is COc1c(C(F)(F)F)ccc(SC)c1C(=O)NC1CCCC1N. The molecular formula is C15H19F3N2O2S. The van der Waals surface area contributed by atoms with Crippen LogP contribution in [0.1, 0.15) is 35.2 Å². The minimum atomic E-state index is -4.60. The van der Waals surface area contributed by atoms with Crippen LogP contribution < -0.4 is 15.8 Å². The monoisotopic (exact) mass is 348 g/mol. The van der Waals surface area contributed by atoms with Crippen LogP contribution in [0.15, 0.2) is 17.0 Å². The van der Waals surface area contributed by atoms with Gasteiger partial charge >= 0.3 is 6.18 Å². The van der Waals surface area contributed by atoms with Crippen molar-refractivity contribution in [2.45, 2.75) is 42.4 Å². The second-order valence-electron chi connectivity index (χ2n) is 5.40. The van der Waals surface area contributed by atoms with Gasteiger partial charge in [-0.3, -0.25) is 4.79 Å². The Bertz CT molecular complexity index is 593. The van der Waals surface area contributed by atoms with Crippen molar-refractivity contribution >= 4 is 17.7 Å². The van der Waals surface area contributed by atoms with Crippen LogP contribution in [-0.4, -0.2) is 31.4 Å². The molecule has 0 bridgehead atoms. The van der Waals surface area contributed by atoms with E-state index in [2.05, 4.69) is 5.32 Å². The first-order valence-corrected chi connectivity index (χ1v) is 8.40. The molecule has 8 heteroatoms. The number of methoxy groups -OCH3 is 1. The minimum absolute atomic E-state index is 0.0890. The lowest BCUT2D eigenvalue weighted by atomic mass is 10.1. The van der Waals surface area contributed by atoms with E-state index in [9.17, 15) is 18.0 Å². The summed E-state index contributed by atoms with van der Waals surface area (Å²) >= 11 is 1.19. The predicted molar refractivity (Wildman–Crippen MR) is 82.9 cm³/mol. The molecule has 1 aromatic rings. The lowest BCUT2D eigenvalue weighted by molar-refractivity contribution is -0.138. The number of nitrogens with one attached hydrogen (secondary N) is 1. The molecule has 4 nitrogen and oxygen atoms in total. The highest BCUT2D eigenvalue weighted by molar-refractivity contribution is 7.98. The van der Waals surface area contributed by atoms with Gasteiger partial charge in [-0.15, -0.1) is 11.8 Å². The summed E-state index contributed by atoms with van der Waals surface area (Å²) in [7, 11) is 1.13. The average Bonchev–Trinajstić information content (AvgIpc) is 2.89. The molecule has 128 valence electrons. The largest absolute Gasteiger partial charge is 0.495 e. The number of halogens is 3. The molecule has 1 fully saturated rings. The molecular weight excluding hydrogens is 329 g/mol. The summed E-state index contributed by atoms with van der Waals surface area (Å²) in [6.07, 6.45) is -0.495. The summed E-state index contributed by atoms with van der Waals surface area (Å²) < 4.78 is 44.4. The van der Waals surface area contributed by atoms with Gasteiger partial charge < -0.3 is 15.8 Å². The third kappa shape index (κ3) is 3.74. The van der Waals surface area contributed by atoms with Crippen molar-refractivity contribution in [3.8, 4) is 5.75 Å². The Morgan fingerprint density at radius 1 is 1.39 bits per heavy atom. The second-order valence-corrected chi connectivity index (χ2v) is 6.24. The zero-order chi connectivity index (χ0) is 17.2. The van der Waals surface area contributed by atoms with Gasteiger partial charge in [-0.2, -0.15) is 13.2 Å². The highest BCUT2D eigenvalue weighted by atomic mass is 32.2. The van der Waals surface area contributed by atoms with E-state index in [4.69, 9.17) is 10.5 Å². The number of amides is 1. The van der Waals surface area contributed by atoms with Crippen LogP contribution in [0.4, 0.5) is 13.2 Å². The molecule has 2 unspecified atom stereocenters. The van der Waals surface area contributed by atoms with E-state index in [1.54, 1.807) is 6.26 Å². The molecule has 23 heavy (non-hydrogen) atoms. The maximum atomic E-state index is 13.1. The van der Waals surface area contributed by atoms with Gasteiger partial charge in [0.05, 0.1) is 18.2 Å². The van der Waals surface area contributed by atoms with Crippen molar-refractivity contribution in [3.05, 3.63) is 23.3 Å². The van der Waals surface area contributed by atoms with E-state index < -0.39 is 23.4 Å². The number of hydrogen-bond acceptors (Lipinski definition) is 4. The Morgan fingerprint density at radius 3 is 2.57 bits per heavy atom. The molecule has 1 aliphatic carbocycles. The summed E-state index contributed by atoms with van der Waals surface area (Å²) in [4.78, 5) is 13.0. The smallest absolute Gasteiger partial charge is 0.419 e. The first-order valence-electron chi connectivity index (χ1n) is 7.18. The second kappa shape index (κ2) is 7.00. The molecule has 2 atom stereocenters. The number of rotatable bonds is 4. The fourth-order valence-electron chi connectivity index (χ4n) is 2.79. The van der Waals surface area contributed by atoms with Gasteiger partial charge in [0.15, 0.2) is 0 Å². The average molecular weight is 348 g/mol. The zero-order valence-corrected chi connectivity index (χ0v) is 13.7. The van der Waals surface area contributed by atoms with Crippen LogP contribution in [0, 0.1) is 0 Å². The van der Waals surface area contributed by atoms with Crippen molar-refractivity contribution in [1.29, 1.82) is 0 Å². The van der Waals surface area contributed by atoms with E-state index in [1.807, 2.05) is 0 Å². The summed E-state index contributed by atoms with van der Waals surface area (Å²) in [6, 6.07) is 1.83. The van der Waals surface area contributed by atoms with Gasteiger partial charge in [0.25, 0.3) is 5.91 Å². The summed E-state index contributed by atoms with van der Waals surface area (Å²) in [6.45, 7) is 0. The molecule has 0 heterocycles. The van der Waals surface area contributed by atoms with Crippen LogP contribution in [-0.2, 0) is 6.18 Å². The van der Waals surface area contributed by atoms with Crippen molar-refractivity contribution < 1.29 is 22.7 Å². The van der Waals surface area contributed by atoms with Crippen LogP contribution >= 0.6 is 11.8 Å². The van der Waals surface area contributed by atoms with Gasteiger partial charge in [0, 0.05) is 17.0 Å². The fourth-order valence-corrected chi connectivity index (χ4v) is 3.39. The van der Waals surface area contributed by atoms with Gasteiger partial charge in [-0.25, -0.2) is 0 Å². The molecule has 1 aromatic carbocycles. The van der Waals surface area contributed by atoms with Crippen molar-refractivity contribution in [3.63, 3.8) is 0 Å². The third-order valence-electron chi connectivity index (χ3n) is 3.96. The van der Waals surface area contributed by atoms with E-state index >= 15 is 0 Å². The van der Waals surface area contributed by atoms with Crippen LogP contribution in [0.2, 0.25) is 0 Å². The molecule has 0 radical (unpaired) electrons. The van der Waals surface area contributed by atoms with E-state index in [-0.39, 0.29) is 17.6 Å². The molecule has 1 aliphatic rings. The van der Waals surface area contributed by atoms with Gasteiger partial charge in [-0.1, -0.05) is 0 Å². The van der Waals surface area contributed by atoms with Gasteiger partial charge in [-0.05, 0) is 37.7 Å². The Kier molecular flexibility index (Phi) is 5.46. The summed E-state index contributed by atoms with van der Waals surface area (Å²) in [5.74, 6) is -1.03. The van der Waals surface area contributed by atoms with E-state index in [0.29, 0.717) is 4.90 Å². The first-order chi connectivity index (χ1) is 10.8.